The lowest BCUT2D eigenvalue weighted by Gasteiger charge is -2.23. The van der Waals surface area contributed by atoms with Gasteiger partial charge in [-0.2, -0.15) is 0 Å². The third-order valence-corrected chi connectivity index (χ3v) is 5.03. The molecule has 1 fully saturated rings. The first-order valence-corrected chi connectivity index (χ1v) is 9.10. The summed E-state index contributed by atoms with van der Waals surface area (Å²) in [6.45, 7) is 5.31. The SMILES string of the molecule is CCOCc1nc2c([nH]1)c(N)nc1cccc(CC3CCNCC3)c12. The van der Waals surface area contributed by atoms with Crippen molar-refractivity contribution in [2.45, 2.75) is 32.8 Å². The van der Waals surface area contributed by atoms with Crippen LogP contribution in [0.5, 0.6) is 0 Å². The molecule has 132 valence electrons. The molecule has 0 unspecified atom stereocenters. The van der Waals surface area contributed by atoms with Gasteiger partial charge in [0.25, 0.3) is 0 Å². The predicted molar refractivity (Wildman–Crippen MR) is 100 cm³/mol. The maximum atomic E-state index is 6.17. The van der Waals surface area contributed by atoms with Crippen molar-refractivity contribution in [2.75, 3.05) is 25.4 Å². The molecular formula is C19H25N5O. The molecule has 4 rings (SSSR count). The van der Waals surface area contributed by atoms with Crippen LogP contribution in [-0.4, -0.2) is 34.6 Å². The van der Waals surface area contributed by atoms with E-state index in [4.69, 9.17) is 15.5 Å². The Morgan fingerprint density at radius 1 is 1.24 bits per heavy atom. The normalized spacial score (nSPS) is 16.0. The number of hydrogen-bond acceptors (Lipinski definition) is 5. The molecule has 25 heavy (non-hydrogen) atoms. The molecule has 2 aromatic heterocycles. The van der Waals surface area contributed by atoms with Crippen LogP contribution in [0.4, 0.5) is 5.82 Å². The fourth-order valence-corrected chi connectivity index (χ4v) is 3.76. The Kier molecular flexibility index (Phi) is 4.55. The van der Waals surface area contributed by atoms with Gasteiger partial charge < -0.3 is 20.8 Å². The zero-order valence-electron chi connectivity index (χ0n) is 14.6. The first kappa shape index (κ1) is 16.3. The standard InChI is InChI=1S/C19H25N5O/c1-2-25-11-15-23-17-16-13(10-12-6-8-21-9-7-12)4-3-5-14(16)22-19(20)18(17)24-15/h3-5,12,21H,2,6-11H2,1H3,(H2,20,22)(H,23,24). The van der Waals surface area contributed by atoms with E-state index in [1.165, 1.54) is 18.4 Å². The van der Waals surface area contributed by atoms with E-state index in [1.807, 2.05) is 13.0 Å². The van der Waals surface area contributed by atoms with Crippen LogP contribution in [0, 0.1) is 5.92 Å². The fourth-order valence-electron chi connectivity index (χ4n) is 3.76. The number of H-pyrrole nitrogens is 1. The summed E-state index contributed by atoms with van der Waals surface area (Å²) >= 11 is 0. The van der Waals surface area contributed by atoms with Crippen LogP contribution < -0.4 is 11.1 Å². The fraction of sp³-hybridized carbons (Fsp3) is 0.474. The van der Waals surface area contributed by atoms with Crippen molar-refractivity contribution in [3.05, 3.63) is 29.6 Å². The van der Waals surface area contributed by atoms with E-state index in [-0.39, 0.29) is 0 Å². The van der Waals surface area contributed by atoms with Crippen molar-refractivity contribution in [3.8, 4) is 0 Å². The highest BCUT2D eigenvalue weighted by molar-refractivity contribution is 6.07. The topological polar surface area (TPSA) is 88.8 Å². The molecule has 6 heteroatoms. The molecule has 3 aromatic rings. The molecule has 0 aliphatic carbocycles. The van der Waals surface area contributed by atoms with Crippen LogP contribution in [0.2, 0.25) is 0 Å². The lowest BCUT2D eigenvalue weighted by Crippen LogP contribution is -2.28. The number of rotatable bonds is 5. The smallest absolute Gasteiger partial charge is 0.150 e. The van der Waals surface area contributed by atoms with Crippen LogP contribution in [0.25, 0.3) is 21.9 Å². The molecule has 0 bridgehead atoms. The average Bonchev–Trinajstić information content (AvgIpc) is 3.06. The number of ether oxygens (including phenoxy) is 1. The van der Waals surface area contributed by atoms with Crippen LogP contribution in [-0.2, 0) is 17.8 Å². The van der Waals surface area contributed by atoms with Gasteiger partial charge in [0.2, 0.25) is 0 Å². The number of aromatic nitrogens is 3. The second kappa shape index (κ2) is 6.98. The van der Waals surface area contributed by atoms with Gasteiger partial charge >= 0.3 is 0 Å². The van der Waals surface area contributed by atoms with E-state index in [0.29, 0.717) is 24.9 Å². The van der Waals surface area contributed by atoms with Crippen molar-refractivity contribution in [2.24, 2.45) is 5.92 Å². The highest BCUT2D eigenvalue weighted by atomic mass is 16.5. The van der Waals surface area contributed by atoms with Gasteiger partial charge in [0, 0.05) is 12.0 Å². The van der Waals surface area contributed by atoms with E-state index in [9.17, 15) is 0 Å². The summed E-state index contributed by atoms with van der Waals surface area (Å²) in [6.07, 6.45) is 3.50. The Labute approximate surface area is 147 Å². The third-order valence-electron chi connectivity index (χ3n) is 5.03. The highest BCUT2D eigenvalue weighted by Crippen LogP contribution is 2.31. The molecular weight excluding hydrogens is 314 g/mol. The average molecular weight is 339 g/mol. The summed E-state index contributed by atoms with van der Waals surface area (Å²) in [4.78, 5) is 12.7. The first-order chi connectivity index (χ1) is 12.3. The summed E-state index contributed by atoms with van der Waals surface area (Å²) in [7, 11) is 0. The highest BCUT2D eigenvalue weighted by Gasteiger charge is 2.18. The summed E-state index contributed by atoms with van der Waals surface area (Å²) in [5.74, 6) is 2.01. The molecule has 1 aliphatic heterocycles. The molecule has 3 heterocycles. The molecule has 0 amide bonds. The summed E-state index contributed by atoms with van der Waals surface area (Å²) in [6, 6.07) is 6.30. The van der Waals surface area contributed by atoms with Crippen LogP contribution >= 0.6 is 0 Å². The number of benzene rings is 1. The van der Waals surface area contributed by atoms with Crippen molar-refractivity contribution in [3.63, 3.8) is 0 Å². The second-order valence-electron chi connectivity index (χ2n) is 6.75. The number of nitrogen functional groups attached to an aromatic ring is 1. The molecule has 1 aliphatic rings. The van der Waals surface area contributed by atoms with Crippen molar-refractivity contribution >= 4 is 27.8 Å². The maximum absolute atomic E-state index is 6.17. The molecule has 6 nitrogen and oxygen atoms in total. The molecule has 1 aromatic carbocycles. The molecule has 0 radical (unpaired) electrons. The number of nitrogens with one attached hydrogen (secondary N) is 2. The number of nitrogens with zero attached hydrogens (tertiary/aromatic N) is 2. The van der Waals surface area contributed by atoms with Crippen LogP contribution in [0.1, 0.15) is 31.2 Å². The minimum atomic E-state index is 0.461. The first-order valence-electron chi connectivity index (χ1n) is 9.10. The number of piperidine rings is 1. The zero-order chi connectivity index (χ0) is 17.2. The van der Waals surface area contributed by atoms with Gasteiger partial charge in [0.05, 0.1) is 5.52 Å². The van der Waals surface area contributed by atoms with Gasteiger partial charge in [-0.25, -0.2) is 9.97 Å². The lowest BCUT2D eigenvalue weighted by molar-refractivity contribution is 0.129. The van der Waals surface area contributed by atoms with Crippen molar-refractivity contribution in [1.82, 2.24) is 20.3 Å². The second-order valence-corrected chi connectivity index (χ2v) is 6.75. The van der Waals surface area contributed by atoms with Gasteiger partial charge in [0.1, 0.15) is 29.3 Å². The summed E-state index contributed by atoms with van der Waals surface area (Å²) in [5, 5.41) is 4.57. The number of nitrogens with two attached hydrogens (primary N) is 1. The molecule has 1 saturated heterocycles. The number of pyridine rings is 1. The number of hydrogen-bond donors (Lipinski definition) is 3. The Morgan fingerprint density at radius 3 is 2.88 bits per heavy atom. The predicted octanol–water partition coefficient (Wildman–Crippen LogP) is 2.77. The van der Waals surface area contributed by atoms with Gasteiger partial charge in [-0.15, -0.1) is 0 Å². The molecule has 0 atom stereocenters. The Bertz CT molecular complexity index is 882. The monoisotopic (exact) mass is 339 g/mol. The summed E-state index contributed by atoms with van der Waals surface area (Å²) in [5.41, 5.74) is 10.1. The Balaban J connectivity index is 1.81. The van der Waals surface area contributed by atoms with Gasteiger partial charge in [-0.05, 0) is 56.8 Å². The Hall–Kier alpha value is -2.18. The van der Waals surface area contributed by atoms with Crippen molar-refractivity contribution < 1.29 is 4.74 Å². The molecule has 0 spiro atoms. The minimum Gasteiger partial charge on any atom is -0.382 e. The molecule has 0 saturated carbocycles. The third kappa shape index (κ3) is 3.19. The van der Waals surface area contributed by atoms with Gasteiger partial charge in [-0.3, -0.25) is 0 Å². The van der Waals surface area contributed by atoms with E-state index in [1.54, 1.807) is 0 Å². The number of fused-ring (bicyclic) bond motifs is 3. The van der Waals surface area contributed by atoms with E-state index in [2.05, 4.69) is 27.4 Å². The number of aromatic amines is 1. The van der Waals surface area contributed by atoms with Gasteiger partial charge in [0.15, 0.2) is 0 Å². The largest absolute Gasteiger partial charge is 0.382 e. The molecule has 4 N–H and O–H groups in total. The number of imidazole rings is 1. The van der Waals surface area contributed by atoms with Gasteiger partial charge in [-0.1, -0.05) is 12.1 Å². The quantitative estimate of drug-likeness (QED) is 0.665. The van der Waals surface area contributed by atoms with E-state index >= 15 is 0 Å². The van der Waals surface area contributed by atoms with E-state index in [0.717, 1.165) is 47.3 Å². The minimum absolute atomic E-state index is 0.461. The zero-order valence-corrected chi connectivity index (χ0v) is 14.6. The maximum Gasteiger partial charge on any atom is 0.150 e. The van der Waals surface area contributed by atoms with Crippen LogP contribution in [0.15, 0.2) is 18.2 Å². The van der Waals surface area contributed by atoms with E-state index < -0.39 is 0 Å². The Morgan fingerprint density at radius 2 is 2.08 bits per heavy atom. The lowest BCUT2D eigenvalue weighted by atomic mass is 9.89. The number of anilines is 1. The van der Waals surface area contributed by atoms with Crippen molar-refractivity contribution in [1.29, 1.82) is 0 Å². The van der Waals surface area contributed by atoms with Crippen LogP contribution in [0.3, 0.4) is 0 Å². The summed E-state index contributed by atoms with van der Waals surface area (Å²) < 4.78 is 5.49.